The summed E-state index contributed by atoms with van der Waals surface area (Å²) in [5.41, 5.74) is 0. The summed E-state index contributed by atoms with van der Waals surface area (Å²) >= 11 is 0. The fourth-order valence-electron chi connectivity index (χ4n) is 1.51. The second-order valence-electron chi connectivity index (χ2n) is 5.12. The maximum absolute atomic E-state index is 11.1. The topological polar surface area (TPSA) is 73.8 Å². The Hall–Kier alpha value is -0.0900. The Morgan fingerprint density at radius 3 is 2.43 bits per heavy atom. The Morgan fingerprint density at radius 1 is 1.33 bits per heavy atom. The van der Waals surface area contributed by atoms with Crippen LogP contribution >= 0.6 is 24.0 Å². The Labute approximate surface area is 147 Å². The molecule has 8 heteroatoms. The van der Waals surface area contributed by atoms with Gasteiger partial charge in [0.15, 0.2) is 5.96 Å². The van der Waals surface area contributed by atoms with Crippen LogP contribution in [-0.4, -0.2) is 70.6 Å². The van der Waals surface area contributed by atoms with Crippen LogP contribution in [0.3, 0.4) is 0 Å². The summed E-state index contributed by atoms with van der Waals surface area (Å²) in [5, 5.41) is 6.41. The van der Waals surface area contributed by atoms with Crippen molar-refractivity contribution in [2.24, 2.45) is 4.99 Å². The Kier molecular flexibility index (Phi) is 13.7. The first-order valence-electron chi connectivity index (χ1n) is 7.19. The van der Waals surface area contributed by atoms with Crippen molar-refractivity contribution in [2.45, 2.75) is 33.2 Å². The number of nitrogens with one attached hydrogen (secondary N) is 2. The number of guanidine groups is 1. The van der Waals surface area contributed by atoms with Gasteiger partial charge in [-0.05, 0) is 33.9 Å². The highest BCUT2D eigenvalue weighted by molar-refractivity contribution is 14.0. The Bertz CT molecular complexity index is 388. The Morgan fingerprint density at radius 2 is 1.95 bits per heavy atom. The first-order chi connectivity index (χ1) is 9.28. The lowest BCUT2D eigenvalue weighted by Crippen LogP contribution is -2.43. The van der Waals surface area contributed by atoms with E-state index < -0.39 is 9.84 Å². The van der Waals surface area contributed by atoms with Gasteiger partial charge in [-0.25, -0.2) is 8.42 Å². The van der Waals surface area contributed by atoms with Gasteiger partial charge in [0, 0.05) is 25.4 Å². The molecular formula is C13H31IN4O2S. The monoisotopic (exact) mass is 434 g/mol. The van der Waals surface area contributed by atoms with E-state index in [-0.39, 0.29) is 35.8 Å². The number of sulfone groups is 1. The molecule has 2 N–H and O–H groups in total. The summed E-state index contributed by atoms with van der Waals surface area (Å²) in [5.74, 6) is 0.942. The number of rotatable bonds is 9. The van der Waals surface area contributed by atoms with Gasteiger partial charge in [0.2, 0.25) is 0 Å². The summed E-state index contributed by atoms with van der Waals surface area (Å²) < 4.78 is 22.3. The number of halogens is 1. The second kappa shape index (κ2) is 12.5. The third-order valence-electron chi connectivity index (χ3n) is 2.94. The molecule has 0 aliphatic rings. The van der Waals surface area contributed by atoms with Gasteiger partial charge in [-0.15, -0.1) is 24.0 Å². The van der Waals surface area contributed by atoms with Crippen LogP contribution in [0.15, 0.2) is 4.99 Å². The van der Waals surface area contributed by atoms with E-state index >= 15 is 0 Å². The van der Waals surface area contributed by atoms with Crippen LogP contribution in [0, 0.1) is 0 Å². The summed E-state index contributed by atoms with van der Waals surface area (Å²) in [6, 6.07) is 0.0754. The average Bonchev–Trinajstić information content (AvgIpc) is 2.35. The molecule has 0 fully saturated rings. The molecular weight excluding hydrogens is 403 g/mol. The molecule has 0 spiro atoms. The van der Waals surface area contributed by atoms with Crippen LogP contribution in [0.2, 0.25) is 0 Å². The quantitative estimate of drug-likeness (QED) is 0.321. The van der Waals surface area contributed by atoms with E-state index in [1.807, 2.05) is 13.8 Å². The van der Waals surface area contributed by atoms with Crippen molar-refractivity contribution in [3.63, 3.8) is 0 Å². The predicted octanol–water partition coefficient (Wildman–Crippen LogP) is 0.934. The van der Waals surface area contributed by atoms with Crippen molar-refractivity contribution >= 4 is 39.8 Å². The standard InChI is InChI=1S/C13H30N4O2S.HI/c1-6-14-13(15-9-10-17(4)7-2)16-12(3)8-11-20(5,18)19;/h12H,6-11H2,1-5H3,(H2,14,15,16);1H. The maximum Gasteiger partial charge on any atom is 0.191 e. The van der Waals surface area contributed by atoms with Gasteiger partial charge in [0.05, 0.1) is 12.3 Å². The molecule has 0 rings (SSSR count). The fraction of sp³-hybridized carbons (Fsp3) is 0.923. The van der Waals surface area contributed by atoms with Crippen molar-refractivity contribution in [2.75, 3.05) is 45.2 Å². The zero-order valence-electron chi connectivity index (χ0n) is 13.8. The summed E-state index contributed by atoms with van der Waals surface area (Å²) in [6.45, 7) is 9.51. The minimum Gasteiger partial charge on any atom is -0.357 e. The van der Waals surface area contributed by atoms with Crippen LogP contribution in [-0.2, 0) is 9.84 Å². The Balaban J connectivity index is 0. The molecule has 0 saturated carbocycles. The minimum absolute atomic E-state index is 0. The largest absolute Gasteiger partial charge is 0.357 e. The molecule has 0 bridgehead atoms. The van der Waals surface area contributed by atoms with Gasteiger partial charge in [-0.1, -0.05) is 6.92 Å². The number of hydrogen-bond donors (Lipinski definition) is 2. The zero-order valence-corrected chi connectivity index (χ0v) is 17.0. The molecule has 0 aliphatic heterocycles. The molecule has 0 aromatic heterocycles. The van der Waals surface area contributed by atoms with E-state index in [4.69, 9.17) is 0 Å². The lowest BCUT2D eigenvalue weighted by molar-refractivity contribution is 0.363. The third-order valence-corrected chi connectivity index (χ3v) is 3.92. The molecule has 0 aromatic rings. The van der Waals surface area contributed by atoms with Gasteiger partial charge in [0.25, 0.3) is 0 Å². The molecule has 0 radical (unpaired) electrons. The highest BCUT2D eigenvalue weighted by Crippen LogP contribution is 1.95. The molecule has 0 amide bonds. The molecule has 0 aliphatic carbocycles. The highest BCUT2D eigenvalue weighted by Gasteiger charge is 2.09. The van der Waals surface area contributed by atoms with E-state index in [0.717, 1.165) is 32.1 Å². The SMILES string of the molecule is CCNC(=NCCN(C)CC)NC(C)CCS(C)(=O)=O.I. The van der Waals surface area contributed by atoms with Crippen LogP contribution < -0.4 is 10.6 Å². The normalized spacial score (nSPS) is 13.7. The lowest BCUT2D eigenvalue weighted by Gasteiger charge is -2.18. The zero-order chi connectivity index (χ0) is 15.6. The summed E-state index contributed by atoms with van der Waals surface area (Å²) in [7, 11) is -0.846. The number of aliphatic imine (C=N–C) groups is 1. The van der Waals surface area contributed by atoms with Crippen molar-refractivity contribution < 1.29 is 8.42 Å². The third kappa shape index (κ3) is 14.6. The highest BCUT2D eigenvalue weighted by atomic mass is 127. The first kappa shape index (κ1) is 23.2. The smallest absolute Gasteiger partial charge is 0.191 e. The lowest BCUT2D eigenvalue weighted by atomic mass is 10.3. The van der Waals surface area contributed by atoms with E-state index in [9.17, 15) is 8.42 Å². The number of nitrogens with zero attached hydrogens (tertiary/aromatic N) is 2. The van der Waals surface area contributed by atoms with Crippen molar-refractivity contribution in [3.8, 4) is 0 Å². The summed E-state index contributed by atoms with van der Waals surface area (Å²) in [4.78, 5) is 6.68. The van der Waals surface area contributed by atoms with E-state index in [1.165, 1.54) is 6.26 Å². The molecule has 0 heterocycles. The van der Waals surface area contributed by atoms with Gasteiger partial charge in [-0.3, -0.25) is 4.99 Å². The van der Waals surface area contributed by atoms with E-state index in [2.05, 4.69) is 34.5 Å². The minimum atomic E-state index is -2.91. The molecule has 0 aromatic carbocycles. The van der Waals surface area contributed by atoms with Gasteiger partial charge in [-0.2, -0.15) is 0 Å². The van der Waals surface area contributed by atoms with E-state index in [0.29, 0.717) is 6.42 Å². The van der Waals surface area contributed by atoms with Crippen LogP contribution in [0.25, 0.3) is 0 Å². The van der Waals surface area contributed by atoms with Crippen molar-refractivity contribution in [1.82, 2.24) is 15.5 Å². The number of hydrogen-bond acceptors (Lipinski definition) is 4. The molecule has 21 heavy (non-hydrogen) atoms. The van der Waals surface area contributed by atoms with Gasteiger partial charge < -0.3 is 15.5 Å². The maximum atomic E-state index is 11.1. The average molecular weight is 434 g/mol. The van der Waals surface area contributed by atoms with Crippen LogP contribution in [0.5, 0.6) is 0 Å². The molecule has 1 atom stereocenters. The molecule has 6 nitrogen and oxygen atoms in total. The molecule has 128 valence electrons. The predicted molar refractivity (Wildman–Crippen MR) is 101 cm³/mol. The van der Waals surface area contributed by atoms with Crippen molar-refractivity contribution in [3.05, 3.63) is 0 Å². The second-order valence-corrected chi connectivity index (χ2v) is 7.38. The fourth-order valence-corrected chi connectivity index (χ4v) is 2.29. The van der Waals surface area contributed by atoms with Crippen LogP contribution in [0.1, 0.15) is 27.2 Å². The molecule has 1 unspecified atom stereocenters. The van der Waals surface area contributed by atoms with Gasteiger partial charge in [0.1, 0.15) is 9.84 Å². The van der Waals surface area contributed by atoms with E-state index in [1.54, 1.807) is 0 Å². The van der Waals surface area contributed by atoms with Gasteiger partial charge >= 0.3 is 0 Å². The summed E-state index contributed by atoms with van der Waals surface area (Å²) in [6.07, 6.45) is 1.84. The first-order valence-corrected chi connectivity index (χ1v) is 9.25. The van der Waals surface area contributed by atoms with Crippen LogP contribution in [0.4, 0.5) is 0 Å². The molecule has 0 saturated heterocycles. The van der Waals surface area contributed by atoms with Crippen molar-refractivity contribution in [1.29, 1.82) is 0 Å². The number of likely N-dealkylation sites (N-methyl/N-ethyl adjacent to an activating group) is 1.